The Labute approximate surface area is 445 Å². The number of hydrogen-bond acceptors (Lipinski definition) is 13. The fourth-order valence-electron chi connectivity index (χ4n) is 8.36. The zero-order valence-corrected chi connectivity index (χ0v) is 43.7. The zero-order chi connectivity index (χ0) is 55.2. The van der Waals surface area contributed by atoms with Crippen molar-refractivity contribution in [2.24, 2.45) is 33.8 Å². The number of likely N-dealkylation sites (tertiary alicyclic amines) is 1. The molecule has 0 aliphatic carbocycles. The van der Waals surface area contributed by atoms with Gasteiger partial charge in [0.25, 0.3) is 0 Å². The quantitative estimate of drug-likeness (QED) is 0.0155. The van der Waals surface area contributed by atoms with Gasteiger partial charge in [-0.25, -0.2) is 0 Å². The normalized spacial score (nSPS) is 15.4. The standard InChI is InChI=1S/C50H69N13O10S2/c1-28(2)42(62-46(70)34(23-29-11-4-3-5-12-29)59-44(68)35(57-41(66)19-22-74)24-31-15-8-14-30-13-6-7-16-32(30)31)48(72)60-36(25-39(51)64)45(69)61-37(27-75)49(73)63-21-10-18-38(63)47(71)58-33(17-9-20-55-50(53)54)43(67)56-26-40(52)65/h3-8,11-16,28,33-38,42,74-75H,9-10,17-27H2,1-2H3,(H2,51,64)(H2,52,65)(H,56,67)(H,57,66)(H,58,71)(H,59,68)(H,60,72)(H,61,69)(H,62,70)(H4,53,54,55)/t33-,34-,35-,36-,37-,38-,42-/m0/s1. The molecule has 3 aromatic rings. The zero-order valence-electron chi connectivity index (χ0n) is 41.9. The van der Waals surface area contributed by atoms with Crippen molar-refractivity contribution in [3.05, 3.63) is 83.9 Å². The van der Waals surface area contributed by atoms with Crippen LogP contribution in [-0.4, -0.2) is 143 Å². The van der Waals surface area contributed by atoms with Gasteiger partial charge < -0.3 is 65.1 Å². The molecule has 0 saturated carbocycles. The summed E-state index contributed by atoms with van der Waals surface area (Å²) in [5.41, 5.74) is 22.9. The van der Waals surface area contributed by atoms with Crippen molar-refractivity contribution in [2.75, 3.05) is 31.1 Å². The molecule has 75 heavy (non-hydrogen) atoms. The van der Waals surface area contributed by atoms with Crippen molar-refractivity contribution in [1.29, 1.82) is 0 Å². The SMILES string of the molecule is CC(C)[C@H](NC(=O)[C@H](Cc1ccccc1)NC(=O)[C@H](Cc1cccc2ccccc12)NC(=O)CCS)C(=O)N[C@@H](CC(N)=O)C(=O)N[C@@H](CS)C(=O)N1CCC[C@H]1C(=O)N[C@@H](CCCN=C(N)N)C(=O)NCC(N)=O. The maximum absolute atomic E-state index is 14.4. The van der Waals surface area contributed by atoms with Gasteiger partial charge in [0.05, 0.1) is 13.0 Å². The van der Waals surface area contributed by atoms with Crippen LogP contribution in [0, 0.1) is 5.92 Å². The number of nitrogens with zero attached hydrogens (tertiary/aromatic N) is 2. The Bertz CT molecular complexity index is 2540. The average Bonchev–Trinajstić information content (AvgIpc) is 3.87. The number of nitrogens with one attached hydrogen (secondary N) is 7. The molecular weight excluding hydrogens is 1010 g/mol. The second kappa shape index (κ2) is 30.1. The Morgan fingerprint density at radius 3 is 1.95 bits per heavy atom. The van der Waals surface area contributed by atoms with E-state index in [1.165, 1.54) is 4.90 Å². The smallest absolute Gasteiger partial charge is 0.246 e. The summed E-state index contributed by atoms with van der Waals surface area (Å²) in [7, 11) is 0. The number of rotatable bonds is 29. The number of benzene rings is 3. The van der Waals surface area contributed by atoms with Crippen LogP contribution in [0.2, 0.25) is 0 Å². The Balaban J connectivity index is 1.51. The number of carbonyl (C=O) groups excluding carboxylic acids is 10. The minimum atomic E-state index is -1.67. The largest absolute Gasteiger partial charge is 0.370 e. The minimum Gasteiger partial charge on any atom is -0.370 e. The van der Waals surface area contributed by atoms with Gasteiger partial charge in [-0.1, -0.05) is 86.6 Å². The third-order valence-corrected chi connectivity index (χ3v) is 12.7. The monoisotopic (exact) mass is 1080 g/mol. The topological polar surface area (TPSA) is 375 Å². The molecule has 0 unspecified atom stereocenters. The third-order valence-electron chi connectivity index (χ3n) is 12.1. The van der Waals surface area contributed by atoms with Crippen molar-refractivity contribution >= 4 is 101 Å². The summed E-state index contributed by atoms with van der Waals surface area (Å²) in [6, 6.07) is 12.9. The molecule has 10 amide bonds. The first-order chi connectivity index (χ1) is 35.7. The highest BCUT2D eigenvalue weighted by Crippen LogP contribution is 2.22. The molecule has 406 valence electrons. The Morgan fingerprint density at radius 1 is 0.667 bits per heavy atom. The lowest BCUT2D eigenvalue weighted by atomic mass is 9.97. The van der Waals surface area contributed by atoms with Crippen LogP contribution in [0.4, 0.5) is 0 Å². The lowest BCUT2D eigenvalue weighted by Crippen LogP contribution is -2.61. The molecule has 7 atom stereocenters. The summed E-state index contributed by atoms with van der Waals surface area (Å²) in [5, 5.41) is 20.1. The Kier molecular flexibility index (Phi) is 24.1. The summed E-state index contributed by atoms with van der Waals surface area (Å²) in [6.45, 7) is 2.96. The van der Waals surface area contributed by atoms with E-state index in [2.05, 4.69) is 67.5 Å². The van der Waals surface area contributed by atoms with Crippen LogP contribution >= 0.6 is 25.3 Å². The van der Waals surface area contributed by atoms with Gasteiger partial charge in [-0.15, -0.1) is 0 Å². The molecule has 1 aliphatic heterocycles. The van der Waals surface area contributed by atoms with Crippen LogP contribution in [0.5, 0.6) is 0 Å². The second-order valence-electron chi connectivity index (χ2n) is 18.3. The van der Waals surface area contributed by atoms with Crippen LogP contribution in [0.1, 0.15) is 63.5 Å². The van der Waals surface area contributed by atoms with Crippen molar-refractivity contribution in [3.63, 3.8) is 0 Å². The highest BCUT2D eigenvalue weighted by molar-refractivity contribution is 7.80. The molecule has 0 radical (unpaired) electrons. The fraction of sp³-hybridized carbons (Fsp3) is 0.460. The summed E-state index contributed by atoms with van der Waals surface area (Å²) >= 11 is 8.46. The molecule has 1 fully saturated rings. The van der Waals surface area contributed by atoms with Gasteiger partial charge in [-0.2, -0.15) is 25.3 Å². The number of guanidine groups is 1. The van der Waals surface area contributed by atoms with E-state index in [1.54, 1.807) is 44.2 Å². The molecule has 3 aromatic carbocycles. The Hall–Kier alpha value is -7.41. The molecule has 15 N–H and O–H groups in total. The van der Waals surface area contributed by atoms with Gasteiger partial charge in [0.2, 0.25) is 59.1 Å². The van der Waals surface area contributed by atoms with E-state index in [-0.39, 0.29) is 69.1 Å². The number of aliphatic imine (C=N–C) groups is 1. The number of amides is 10. The van der Waals surface area contributed by atoms with Gasteiger partial charge >= 0.3 is 0 Å². The summed E-state index contributed by atoms with van der Waals surface area (Å²) in [4.78, 5) is 139. The molecular formula is C50H69N13O10S2. The molecule has 25 heteroatoms. The molecule has 23 nitrogen and oxygen atoms in total. The molecule has 4 rings (SSSR count). The Morgan fingerprint density at radius 2 is 1.29 bits per heavy atom. The van der Waals surface area contributed by atoms with E-state index in [9.17, 15) is 47.9 Å². The molecule has 1 heterocycles. The van der Waals surface area contributed by atoms with Gasteiger partial charge in [0, 0.05) is 38.1 Å². The highest BCUT2D eigenvalue weighted by Gasteiger charge is 2.40. The van der Waals surface area contributed by atoms with E-state index in [0.29, 0.717) is 12.0 Å². The first-order valence-corrected chi connectivity index (χ1v) is 25.7. The predicted molar refractivity (Wildman–Crippen MR) is 287 cm³/mol. The number of nitrogens with two attached hydrogens (primary N) is 4. The lowest BCUT2D eigenvalue weighted by molar-refractivity contribution is -0.142. The summed E-state index contributed by atoms with van der Waals surface area (Å²) in [5.74, 6) is -8.66. The van der Waals surface area contributed by atoms with Crippen molar-refractivity contribution in [2.45, 2.75) is 108 Å². The van der Waals surface area contributed by atoms with Gasteiger partial charge in [0.1, 0.15) is 42.3 Å². The van der Waals surface area contributed by atoms with Gasteiger partial charge in [-0.05, 0) is 59.3 Å². The van der Waals surface area contributed by atoms with Crippen LogP contribution in [0.15, 0.2) is 77.8 Å². The van der Waals surface area contributed by atoms with Crippen molar-refractivity contribution < 1.29 is 47.9 Å². The fourth-order valence-corrected chi connectivity index (χ4v) is 8.81. The first-order valence-electron chi connectivity index (χ1n) is 24.5. The lowest BCUT2D eigenvalue weighted by Gasteiger charge is -2.30. The van der Waals surface area contributed by atoms with Crippen LogP contribution in [0.3, 0.4) is 0 Å². The van der Waals surface area contributed by atoms with Crippen LogP contribution in [0.25, 0.3) is 10.8 Å². The van der Waals surface area contributed by atoms with Crippen molar-refractivity contribution in [3.8, 4) is 0 Å². The molecule has 1 saturated heterocycles. The van der Waals surface area contributed by atoms with E-state index in [1.807, 2.05) is 42.5 Å². The highest BCUT2D eigenvalue weighted by atomic mass is 32.1. The summed E-state index contributed by atoms with van der Waals surface area (Å²) in [6.07, 6.45) is 0.193. The van der Waals surface area contributed by atoms with Crippen LogP contribution in [-0.2, 0) is 60.8 Å². The first kappa shape index (κ1) is 60.1. The molecule has 0 aromatic heterocycles. The van der Waals surface area contributed by atoms with E-state index >= 15 is 0 Å². The minimum absolute atomic E-state index is 0.0238. The molecule has 0 bridgehead atoms. The number of fused-ring (bicyclic) bond motifs is 1. The van der Waals surface area contributed by atoms with Gasteiger partial charge in [-0.3, -0.25) is 52.9 Å². The summed E-state index contributed by atoms with van der Waals surface area (Å²) < 4.78 is 0. The van der Waals surface area contributed by atoms with Crippen LogP contribution < -0.4 is 60.2 Å². The second-order valence-corrected chi connectivity index (χ2v) is 19.1. The number of hydrogen-bond donors (Lipinski definition) is 13. The maximum atomic E-state index is 14.4. The predicted octanol–water partition coefficient (Wildman–Crippen LogP) is -2.04. The van der Waals surface area contributed by atoms with Gasteiger partial charge in [0.15, 0.2) is 5.96 Å². The van der Waals surface area contributed by atoms with E-state index < -0.39 is 120 Å². The molecule has 0 spiro atoms. The third kappa shape index (κ3) is 19.1. The number of thiol groups is 2. The van der Waals surface area contributed by atoms with E-state index in [4.69, 9.17) is 22.9 Å². The van der Waals surface area contributed by atoms with Crippen molar-refractivity contribution in [1.82, 2.24) is 42.1 Å². The number of primary amides is 2. The number of carbonyl (C=O) groups is 10. The average molecular weight is 1080 g/mol. The maximum Gasteiger partial charge on any atom is 0.246 e. The molecule has 1 aliphatic rings. The van der Waals surface area contributed by atoms with E-state index in [0.717, 1.165) is 16.3 Å².